The predicted octanol–water partition coefficient (Wildman–Crippen LogP) is 6.45. The van der Waals surface area contributed by atoms with Crippen LogP contribution in [0.4, 0.5) is 0 Å². The lowest BCUT2D eigenvalue weighted by Gasteiger charge is -2.13. The average Bonchev–Trinajstić information content (AvgIpc) is 2.71. The van der Waals surface area contributed by atoms with Gasteiger partial charge in [-0.25, -0.2) is 0 Å². The van der Waals surface area contributed by atoms with Crippen LogP contribution in [0.3, 0.4) is 0 Å². The van der Waals surface area contributed by atoms with Crippen LogP contribution in [0.2, 0.25) is 0 Å². The second-order valence-corrected chi connectivity index (χ2v) is 6.89. The number of esters is 2. The number of hydrogen-bond donors (Lipinski definition) is 0. The zero-order valence-electron chi connectivity index (χ0n) is 17.3. The van der Waals surface area contributed by atoms with Crippen molar-refractivity contribution in [3.05, 3.63) is 48.5 Å². The first-order valence-corrected chi connectivity index (χ1v) is 10.4. The molecule has 5 nitrogen and oxygen atoms in total. The minimum atomic E-state index is -0.349. The monoisotopic (exact) mass is 398 g/mol. The Kier molecular flexibility index (Phi) is 9.76. The molecule has 0 N–H and O–H groups in total. The molecule has 0 radical (unpaired) electrons. The molecule has 2 aromatic rings. The summed E-state index contributed by atoms with van der Waals surface area (Å²) in [5.41, 5.74) is 0. The largest absolute Gasteiger partial charge is 0.457 e. The van der Waals surface area contributed by atoms with Gasteiger partial charge >= 0.3 is 11.9 Å². The number of rotatable bonds is 12. The highest BCUT2D eigenvalue weighted by Crippen LogP contribution is 2.34. The summed E-state index contributed by atoms with van der Waals surface area (Å²) in [5, 5.41) is 0. The first-order chi connectivity index (χ1) is 14.1. The van der Waals surface area contributed by atoms with E-state index in [0.29, 0.717) is 24.3 Å². The van der Waals surface area contributed by atoms with E-state index >= 15 is 0 Å². The second-order valence-electron chi connectivity index (χ2n) is 6.89. The van der Waals surface area contributed by atoms with Crippen molar-refractivity contribution in [3.8, 4) is 23.0 Å². The first-order valence-electron chi connectivity index (χ1n) is 10.4. The summed E-state index contributed by atoms with van der Waals surface area (Å²) in [6.45, 7) is 4.15. The molecule has 0 atom stereocenters. The Balaban J connectivity index is 2.12. The van der Waals surface area contributed by atoms with Crippen molar-refractivity contribution < 1.29 is 23.8 Å². The number of carbonyl (C=O) groups is 2. The topological polar surface area (TPSA) is 61.8 Å². The Morgan fingerprint density at radius 1 is 0.690 bits per heavy atom. The fraction of sp³-hybridized carbons (Fsp3) is 0.417. The highest BCUT2D eigenvalue weighted by Gasteiger charge is 2.15. The third-order valence-corrected chi connectivity index (χ3v) is 4.31. The van der Waals surface area contributed by atoms with Gasteiger partial charge in [-0.15, -0.1) is 0 Å². The third-order valence-electron chi connectivity index (χ3n) is 4.31. The van der Waals surface area contributed by atoms with E-state index in [1.54, 1.807) is 18.2 Å². The Labute approximate surface area is 173 Å². The van der Waals surface area contributed by atoms with Gasteiger partial charge in [0.25, 0.3) is 0 Å². The lowest BCUT2D eigenvalue weighted by atomic mass is 10.2. The van der Waals surface area contributed by atoms with Crippen LogP contribution in [0.15, 0.2) is 48.5 Å². The third kappa shape index (κ3) is 8.38. The van der Waals surface area contributed by atoms with Gasteiger partial charge in [-0.05, 0) is 37.1 Å². The summed E-state index contributed by atoms with van der Waals surface area (Å²) in [6.07, 6.45) is 6.18. The lowest BCUT2D eigenvalue weighted by Crippen LogP contribution is -2.12. The summed E-state index contributed by atoms with van der Waals surface area (Å²) in [5.74, 6) is 0.909. The molecule has 0 fully saturated rings. The average molecular weight is 398 g/mol. The molecule has 0 aliphatic rings. The van der Waals surface area contributed by atoms with E-state index in [0.717, 1.165) is 38.5 Å². The molecule has 0 unspecified atom stereocenters. The fourth-order valence-corrected chi connectivity index (χ4v) is 2.73. The minimum Gasteiger partial charge on any atom is -0.457 e. The molecular formula is C24H30O5. The van der Waals surface area contributed by atoms with Gasteiger partial charge in [0.05, 0.1) is 0 Å². The number of benzene rings is 2. The van der Waals surface area contributed by atoms with E-state index in [1.165, 1.54) is 0 Å². The van der Waals surface area contributed by atoms with Gasteiger partial charge in [0.1, 0.15) is 11.5 Å². The number of unbranched alkanes of at least 4 members (excludes halogenated alkanes) is 4. The van der Waals surface area contributed by atoms with Gasteiger partial charge in [0, 0.05) is 18.9 Å². The molecule has 0 aliphatic carbocycles. The quantitative estimate of drug-likeness (QED) is 0.233. The molecule has 0 spiro atoms. The maximum atomic E-state index is 12.2. The smallest absolute Gasteiger partial charge is 0.311 e. The number of para-hydroxylation sites is 1. The Hall–Kier alpha value is -2.82. The van der Waals surface area contributed by atoms with Crippen molar-refractivity contribution in [1.82, 2.24) is 0 Å². The van der Waals surface area contributed by atoms with E-state index in [2.05, 4.69) is 13.8 Å². The lowest BCUT2D eigenvalue weighted by molar-refractivity contribution is -0.137. The summed E-state index contributed by atoms with van der Waals surface area (Å²) in [7, 11) is 0. The van der Waals surface area contributed by atoms with Gasteiger partial charge in [-0.2, -0.15) is 0 Å². The molecular weight excluding hydrogens is 368 g/mol. The maximum absolute atomic E-state index is 12.2. The van der Waals surface area contributed by atoms with E-state index < -0.39 is 0 Å². The predicted molar refractivity (Wildman–Crippen MR) is 113 cm³/mol. The molecule has 2 rings (SSSR count). The Morgan fingerprint density at radius 2 is 1.28 bits per heavy atom. The zero-order chi connectivity index (χ0) is 20.9. The van der Waals surface area contributed by atoms with Crippen molar-refractivity contribution in [2.75, 3.05) is 0 Å². The van der Waals surface area contributed by atoms with Crippen molar-refractivity contribution in [3.63, 3.8) is 0 Å². The minimum absolute atomic E-state index is 0.198. The standard InChI is InChI=1S/C24H30O5/c1-3-5-8-14-23(25)28-21-17-16-20(27-19-12-10-7-11-13-19)18-22(21)29-24(26)15-9-6-4-2/h7,10-13,16-18H,3-6,8-9,14-15H2,1-2H3. The highest BCUT2D eigenvalue weighted by atomic mass is 16.6. The Morgan fingerprint density at radius 3 is 1.86 bits per heavy atom. The van der Waals surface area contributed by atoms with Crippen LogP contribution < -0.4 is 14.2 Å². The number of hydrogen-bond acceptors (Lipinski definition) is 5. The zero-order valence-corrected chi connectivity index (χ0v) is 17.3. The van der Waals surface area contributed by atoms with E-state index in [1.807, 2.05) is 30.3 Å². The van der Waals surface area contributed by atoms with Gasteiger partial charge in [-0.1, -0.05) is 57.7 Å². The van der Waals surface area contributed by atoms with Gasteiger partial charge < -0.3 is 14.2 Å². The van der Waals surface area contributed by atoms with Crippen LogP contribution in [0.25, 0.3) is 0 Å². The molecule has 0 heterocycles. The van der Waals surface area contributed by atoms with E-state index in [4.69, 9.17) is 14.2 Å². The van der Waals surface area contributed by atoms with Crippen LogP contribution >= 0.6 is 0 Å². The molecule has 0 aliphatic heterocycles. The summed E-state index contributed by atoms with van der Waals surface area (Å²) in [4.78, 5) is 24.3. The van der Waals surface area contributed by atoms with Crippen LogP contribution in [-0.2, 0) is 9.59 Å². The van der Waals surface area contributed by atoms with Gasteiger partial charge in [0.2, 0.25) is 0 Å². The van der Waals surface area contributed by atoms with Crippen LogP contribution in [0, 0.1) is 0 Å². The number of ether oxygens (including phenoxy) is 3. The molecule has 29 heavy (non-hydrogen) atoms. The first kappa shape index (κ1) is 22.5. The van der Waals surface area contributed by atoms with Crippen molar-refractivity contribution in [2.45, 2.75) is 65.2 Å². The summed E-state index contributed by atoms with van der Waals surface area (Å²) >= 11 is 0. The van der Waals surface area contributed by atoms with Gasteiger partial charge in [0.15, 0.2) is 11.5 Å². The molecule has 5 heteroatoms. The molecule has 2 aromatic carbocycles. The molecule has 0 bridgehead atoms. The molecule has 156 valence electrons. The molecule has 0 saturated carbocycles. The Bertz CT molecular complexity index is 770. The van der Waals surface area contributed by atoms with Crippen LogP contribution in [0.5, 0.6) is 23.0 Å². The molecule has 0 amide bonds. The molecule has 0 aromatic heterocycles. The van der Waals surface area contributed by atoms with Crippen molar-refractivity contribution in [2.24, 2.45) is 0 Å². The van der Waals surface area contributed by atoms with E-state index in [-0.39, 0.29) is 23.4 Å². The van der Waals surface area contributed by atoms with Crippen LogP contribution in [0.1, 0.15) is 65.2 Å². The van der Waals surface area contributed by atoms with Gasteiger partial charge in [-0.3, -0.25) is 9.59 Å². The molecule has 0 saturated heterocycles. The van der Waals surface area contributed by atoms with Crippen LogP contribution in [-0.4, -0.2) is 11.9 Å². The summed E-state index contributed by atoms with van der Waals surface area (Å²) in [6, 6.07) is 14.2. The fourth-order valence-electron chi connectivity index (χ4n) is 2.73. The normalized spacial score (nSPS) is 10.4. The number of carbonyl (C=O) groups excluding carboxylic acids is 2. The highest BCUT2D eigenvalue weighted by molar-refractivity contribution is 5.76. The second kappa shape index (κ2) is 12.6. The van der Waals surface area contributed by atoms with Crippen molar-refractivity contribution >= 4 is 11.9 Å². The SMILES string of the molecule is CCCCCC(=O)Oc1ccc(Oc2ccccc2)cc1OC(=O)CCCCC. The van der Waals surface area contributed by atoms with E-state index in [9.17, 15) is 9.59 Å². The van der Waals surface area contributed by atoms with Crippen molar-refractivity contribution in [1.29, 1.82) is 0 Å². The summed E-state index contributed by atoms with van der Waals surface area (Å²) < 4.78 is 16.8. The maximum Gasteiger partial charge on any atom is 0.311 e.